The lowest BCUT2D eigenvalue weighted by atomic mass is 9.85. The van der Waals surface area contributed by atoms with Crippen LogP contribution in [0.25, 0.3) is 0 Å². The minimum absolute atomic E-state index is 0.0490. The van der Waals surface area contributed by atoms with E-state index in [1.807, 2.05) is 0 Å². The Bertz CT molecular complexity index is 937. The maximum absolute atomic E-state index is 14.0. The molecule has 2 aromatic rings. The van der Waals surface area contributed by atoms with Crippen LogP contribution in [0.4, 0.5) is 26.3 Å². The molecule has 0 spiro atoms. The highest BCUT2D eigenvalue weighted by Gasteiger charge is 2.62. The highest BCUT2D eigenvalue weighted by molar-refractivity contribution is 6.30. The normalized spacial score (nSPS) is 20.9. The molecule has 2 atom stereocenters. The third kappa shape index (κ3) is 4.06. The number of hydrogen-bond acceptors (Lipinski definition) is 3. The summed E-state index contributed by atoms with van der Waals surface area (Å²) in [5.74, 6) is 0. The maximum atomic E-state index is 14.0. The number of nitrogens with zero attached hydrogens (tertiary/aromatic N) is 1. The largest absolute Gasteiger partial charge is 0.435 e. The lowest BCUT2D eigenvalue weighted by Gasteiger charge is -2.30. The molecule has 2 N–H and O–H groups in total. The predicted octanol–water partition coefficient (Wildman–Crippen LogP) is 5.96. The molecule has 156 valence electrons. The summed E-state index contributed by atoms with van der Waals surface area (Å²) in [6.45, 7) is 1.75. The number of alkyl halides is 6. The van der Waals surface area contributed by atoms with Gasteiger partial charge in [0.2, 0.25) is 0 Å². The van der Waals surface area contributed by atoms with Crippen LogP contribution in [0, 0.1) is 0 Å². The Labute approximate surface area is 167 Å². The lowest BCUT2D eigenvalue weighted by molar-refractivity contribution is -0.276. The Kier molecular flexibility index (Phi) is 5.33. The molecule has 3 rings (SSSR count). The summed E-state index contributed by atoms with van der Waals surface area (Å²) < 4.78 is 81.2. The fourth-order valence-corrected chi connectivity index (χ4v) is 3.26. The standard InChI is InChI=1S/C19H15ClF6N2O/c1-10(27)11-2-4-12(5-3-11)16-9-17(29-28-16,19(24,25)26)13-6-14(18(21,22)23)8-15(20)7-13/h2-8,10H,9,27H2,1H3. The van der Waals surface area contributed by atoms with Crippen molar-refractivity contribution in [3.05, 3.63) is 69.7 Å². The molecule has 0 aromatic heterocycles. The molecule has 0 saturated carbocycles. The third-order valence-electron chi connectivity index (χ3n) is 4.65. The van der Waals surface area contributed by atoms with Crippen molar-refractivity contribution >= 4 is 17.3 Å². The number of nitrogens with two attached hydrogens (primary N) is 1. The van der Waals surface area contributed by atoms with Gasteiger partial charge >= 0.3 is 12.4 Å². The first-order valence-corrected chi connectivity index (χ1v) is 8.77. The molecule has 2 aromatic carbocycles. The summed E-state index contributed by atoms with van der Waals surface area (Å²) in [5, 5.41) is 3.05. The van der Waals surface area contributed by atoms with E-state index in [4.69, 9.17) is 22.2 Å². The van der Waals surface area contributed by atoms with E-state index in [0.717, 1.165) is 11.6 Å². The van der Waals surface area contributed by atoms with Gasteiger partial charge in [0.1, 0.15) is 0 Å². The fourth-order valence-electron chi connectivity index (χ4n) is 3.02. The molecule has 0 saturated heterocycles. The average molecular weight is 437 g/mol. The summed E-state index contributed by atoms with van der Waals surface area (Å²) in [6, 6.07) is 7.82. The highest BCUT2D eigenvalue weighted by atomic mass is 35.5. The van der Waals surface area contributed by atoms with Crippen LogP contribution in [-0.4, -0.2) is 11.9 Å². The van der Waals surface area contributed by atoms with E-state index in [2.05, 4.69) is 5.16 Å². The third-order valence-corrected chi connectivity index (χ3v) is 4.87. The van der Waals surface area contributed by atoms with Crippen molar-refractivity contribution in [2.75, 3.05) is 0 Å². The van der Waals surface area contributed by atoms with Crippen molar-refractivity contribution in [2.24, 2.45) is 10.9 Å². The van der Waals surface area contributed by atoms with Gasteiger partial charge in [-0.05, 0) is 36.2 Å². The fraction of sp³-hybridized carbons (Fsp3) is 0.316. The second kappa shape index (κ2) is 7.21. The summed E-state index contributed by atoms with van der Waals surface area (Å²) in [5.41, 5.74) is 1.66. The van der Waals surface area contributed by atoms with Crippen molar-refractivity contribution in [3.8, 4) is 0 Å². The van der Waals surface area contributed by atoms with Gasteiger partial charge in [-0.2, -0.15) is 26.3 Å². The molecule has 3 nitrogen and oxygen atoms in total. The van der Waals surface area contributed by atoms with E-state index in [1.165, 1.54) is 12.1 Å². The topological polar surface area (TPSA) is 47.6 Å². The molecule has 1 aliphatic rings. The SMILES string of the molecule is CC(N)c1ccc(C2=NOC(c3cc(Cl)cc(C(F)(F)F)c3)(C(F)(F)F)C2)cc1. The van der Waals surface area contributed by atoms with Crippen molar-refractivity contribution in [2.45, 2.75) is 37.3 Å². The molecule has 2 unspecified atom stereocenters. The monoisotopic (exact) mass is 436 g/mol. The van der Waals surface area contributed by atoms with E-state index in [-0.39, 0.29) is 11.8 Å². The quantitative estimate of drug-likeness (QED) is 0.603. The Morgan fingerprint density at radius 1 is 1.07 bits per heavy atom. The van der Waals surface area contributed by atoms with E-state index in [0.29, 0.717) is 17.7 Å². The minimum atomic E-state index is -5.04. The average Bonchev–Trinajstić information content (AvgIpc) is 3.07. The van der Waals surface area contributed by atoms with Crippen molar-refractivity contribution in [1.82, 2.24) is 0 Å². The van der Waals surface area contributed by atoms with Crippen LogP contribution < -0.4 is 5.73 Å². The molecule has 0 bridgehead atoms. The Morgan fingerprint density at radius 3 is 2.21 bits per heavy atom. The second-order valence-corrected chi connectivity index (χ2v) is 7.20. The van der Waals surface area contributed by atoms with Crippen LogP contribution in [0.15, 0.2) is 47.6 Å². The van der Waals surface area contributed by atoms with Crippen LogP contribution in [0.2, 0.25) is 5.02 Å². The van der Waals surface area contributed by atoms with E-state index in [1.54, 1.807) is 19.1 Å². The van der Waals surface area contributed by atoms with Crippen molar-refractivity contribution < 1.29 is 31.2 Å². The predicted molar refractivity (Wildman–Crippen MR) is 95.5 cm³/mol. The van der Waals surface area contributed by atoms with Gasteiger partial charge in [0.05, 0.1) is 11.3 Å². The molecule has 0 radical (unpaired) electrons. The van der Waals surface area contributed by atoms with Crippen LogP contribution in [0.1, 0.15) is 41.6 Å². The zero-order valence-corrected chi connectivity index (χ0v) is 15.7. The molecule has 0 aliphatic carbocycles. The second-order valence-electron chi connectivity index (χ2n) is 6.77. The lowest BCUT2D eigenvalue weighted by Crippen LogP contribution is -2.42. The van der Waals surface area contributed by atoms with Gasteiger partial charge in [0.15, 0.2) is 0 Å². The minimum Gasteiger partial charge on any atom is -0.374 e. The molecular formula is C19H15ClF6N2O. The van der Waals surface area contributed by atoms with E-state index < -0.39 is 40.5 Å². The van der Waals surface area contributed by atoms with Crippen LogP contribution >= 0.6 is 11.6 Å². The molecule has 10 heteroatoms. The zero-order chi connectivity index (χ0) is 21.6. The Balaban J connectivity index is 2.03. The smallest absolute Gasteiger partial charge is 0.374 e. The van der Waals surface area contributed by atoms with Gasteiger partial charge in [0, 0.05) is 23.0 Å². The number of hydrogen-bond donors (Lipinski definition) is 1. The number of benzene rings is 2. The Morgan fingerprint density at radius 2 is 1.69 bits per heavy atom. The van der Waals surface area contributed by atoms with Crippen LogP contribution in [-0.2, 0) is 16.6 Å². The molecule has 0 amide bonds. The Hall–Kier alpha value is -2.26. The van der Waals surface area contributed by atoms with Crippen LogP contribution in [0.5, 0.6) is 0 Å². The first-order chi connectivity index (χ1) is 13.3. The van der Waals surface area contributed by atoms with E-state index in [9.17, 15) is 26.3 Å². The number of halogens is 7. The van der Waals surface area contributed by atoms with Gasteiger partial charge in [-0.1, -0.05) is 41.0 Å². The van der Waals surface area contributed by atoms with Crippen molar-refractivity contribution in [1.29, 1.82) is 0 Å². The van der Waals surface area contributed by atoms with Gasteiger partial charge in [0.25, 0.3) is 5.60 Å². The first-order valence-electron chi connectivity index (χ1n) is 8.39. The van der Waals surface area contributed by atoms with Gasteiger partial charge in [-0.15, -0.1) is 0 Å². The maximum Gasteiger partial charge on any atom is 0.435 e. The zero-order valence-electron chi connectivity index (χ0n) is 14.9. The molecular weight excluding hydrogens is 422 g/mol. The summed E-state index contributed by atoms with van der Waals surface area (Å²) >= 11 is 5.67. The summed E-state index contributed by atoms with van der Waals surface area (Å²) in [7, 11) is 0. The van der Waals surface area contributed by atoms with Crippen molar-refractivity contribution in [3.63, 3.8) is 0 Å². The first kappa shape index (κ1) is 21.4. The molecule has 0 fully saturated rings. The van der Waals surface area contributed by atoms with Gasteiger partial charge in [-0.3, -0.25) is 0 Å². The number of oxime groups is 1. The molecule has 29 heavy (non-hydrogen) atoms. The van der Waals surface area contributed by atoms with Crippen LogP contribution in [0.3, 0.4) is 0 Å². The number of rotatable bonds is 3. The summed E-state index contributed by atoms with van der Waals surface area (Å²) in [4.78, 5) is 4.77. The highest BCUT2D eigenvalue weighted by Crippen LogP contribution is 2.50. The molecule has 1 heterocycles. The summed E-state index contributed by atoms with van der Waals surface area (Å²) in [6.07, 6.45) is -10.7. The molecule has 1 aliphatic heterocycles. The van der Waals surface area contributed by atoms with Gasteiger partial charge < -0.3 is 10.6 Å². The van der Waals surface area contributed by atoms with E-state index >= 15 is 0 Å². The van der Waals surface area contributed by atoms with Gasteiger partial charge in [-0.25, -0.2) is 0 Å².